The van der Waals surface area contributed by atoms with Crippen LogP contribution >= 0.6 is 11.8 Å². The average molecular weight is 411 g/mol. The standard InChI is InChI=1S/C24H30N2O2S/c1-19-9-11-20(12-10-19)25-13-5-14-26(16-15-25)24(27)22-7-2-3-8-23(22)29-18-21-6-4-17-28-21/h2-3,7-12,21H,4-6,13-18H2,1H3. The number of benzene rings is 2. The van der Waals surface area contributed by atoms with Crippen LogP contribution in [-0.2, 0) is 4.74 Å². The number of anilines is 1. The highest BCUT2D eigenvalue weighted by molar-refractivity contribution is 7.99. The molecule has 2 aromatic carbocycles. The third-order valence-electron chi connectivity index (χ3n) is 5.75. The summed E-state index contributed by atoms with van der Waals surface area (Å²) in [7, 11) is 0. The van der Waals surface area contributed by atoms with Gasteiger partial charge in [0.1, 0.15) is 0 Å². The number of hydrogen-bond acceptors (Lipinski definition) is 4. The molecule has 0 aliphatic carbocycles. The lowest BCUT2D eigenvalue weighted by molar-refractivity contribution is 0.0763. The molecule has 5 heteroatoms. The number of thioether (sulfide) groups is 1. The molecule has 154 valence electrons. The van der Waals surface area contributed by atoms with Crippen LogP contribution in [0.1, 0.15) is 35.2 Å². The summed E-state index contributed by atoms with van der Waals surface area (Å²) in [5.74, 6) is 1.08. The number of carbonyl (C=O) groups is 1. The molecule has 29 heavy (non-hydrogen) atoms. The van der Waals surface area contributed by atoms with Gasteiger partial charge in [0.2, 0.25) is 0 Å². The van der Waals surface area contributed by atoms with Gasteiger partial charge in [-0.2, -0.15) is 0 Å². The van der Waals surface area contributed by atoms with Gasteiger partial charge in [-0.1, -0.05) is 29.8 Å². The van der Waals surface area contributed by atoms with E-state index in [1.807, 2.05) is 23.1 Å². The van der Waals surface area contributed by atoms with E-state index in [0.717, 1.165) is 68.3 Å². The van der Waals surface area contributed by atoms with Gasteiger partial charge < -0.3 is 14.5 Å². The molecule has 0 spiro atoms. The molecular weight excluding hydrogens is 380 g/mol. The minimum absolute atomic E-state index is 0.159. The van der Waals surface area contributed by atoms with Crippen molar-refractivity contribution < 1.29 is 9.53 Å². The summed E-state index contributed by atoms with van der Waals surface area (Å²) in [4.78, 5) is 18.8. The zero-order valence-corrected chi connectivity index (χ0v) is 18.0. The molecular formula is C24H30N2O2S. The maximum atomic E-state index is 13.3. The molecule has 4 nitrogen and oxygen atoms in total. The average Bonchev–Trinajstić information content (AvgIpc) is 3.15. The molecule has 2 heterocycles. The summed E-state index contributed by atoms with van der Waals surface area (Å²) < 4.78 is 5.75. The van der Waals surface area contributed by atoms with Crippen LogP contribution in [0.2, 0.25) is 0 Å². The SMILES string of the molecule is Cc1ccc(N2CCCN(C(=O)c3ccccc3SCC3CCCO3)CC2)cc1. The second kappa shape index (κ2) is 9.68. The van der Waals surface area contributed by atoms with E-state index in [0.29, 0.717) is 6.10 Å². The first-order valence-electron chi connectivity index (χ1n) is 10.6. The van der Waals surface area contributed by atoms with Crippen molar-refractivity contribution in [3.8, 4) is 0 Å². The van der Waals surface area contributed by atoms with Gasteiger partial charge in [0, 0.05) is 49.1 Å². The van der Waals surface area contributed by atoms with E-state index < -0.39 is 0 Å². The molecule has 0 bridgehead atoms. The second-order valence-corrected chi connectivity index (χ2v) is 8.97. The molecule has 0 N–H and O–H groups in total. The molecule has 2 aliphatic heterocycles. The molecule has 2 aromatic rings. The van der Waals surface area contributed by atoms with Crippen molar-refractivity contribution in [3.63, 3.8) is 0 Å². The van der Waals surface area contributed by atoms with E-state index >= 15 is 0 Å². The van der Waals surface area contributed by atoms with Crippen molar-refractivity contribution in [1.29, 1.82) is 0 Å². The van der Waals surface area contributed by atoms with Gasteiger partial charge in [-0.15, -0.1) is 11.8 Å². The van der Waals surface area contributed by atoms with E-state index in [-0.39, 0.29) is 5.91 Å². The number of ether oxygens (including phenoxy) is 1. The summed E-state index contributed by atoms with van der Waals surface area (Å²) >= 11 is 1.76. The van der Waals surface area contributed by atoms with Gasteiger partial charge in [0.05, 0.1) is 11.7 Å². The van der Waals surface area contributed by atoms with Crippen LogP contribution in [0.3, 0.4) is 0 Å². The Hall–Kier alpha value is -1.98. The number of carbonyl (C=O) groups excluding carboxylic acids is 1. The van der Waals surface area contributed by atoms with Crippen molar-refractivity contribution >= 4 is 23.4 Å². The van der Waals surface area contributed by atoms with Crippen LogP contribution in [0.4, 0.5) is 5.69 Å². The minimum Gasteiger partial charge on any atom is -0.377 e. The molecule has 2 aliphatic rings. The second-order valence-electron chi connectivity index (χ2n) is 7.91. The monoisotopic (exact) mass is 410 g/mol. The number of amides is 1. The third-order valence-corrected chi connectivity index (χ3v) is 6.95. The lowest BCUT2D eigenvalue weighted by Crippen LogP contribution is -2.35. The quantitative estimate of drug-likeness (QED) is 0.674. The zero-order valence-electron chi connectivity index (χ0n) is 17.2. The summed E-state index contributed by atoms with van der Waals surface area (Å²) in [5.41, 5.74) is 3.36. The van der Waals surface area contributed by atoms with Crippen LogP contribution in [0.5, 0.6) is 0 Å². The molecule has 1 unspecified atom stereocenters. The predicted molar refractivity (Wildman–Crippen MR) is 120 cm³/mol. The number of hydrogen-bond donors (Lipinski definition) is 0. The molecule has 0 aromatic heterocycles. The lowest BCUT2D eigenvalue weighted by atomic mass is 10.2. The van der Waals surface area contributed by atoms with Gasteiger partial charge in [-0.05, 0) is 50.5 Å². The topological polar surface area (TPSA) is 32.8 Å². The highest BCUT2D eigenvalue weighted by atomic mass is 32.2. The molecule has 4 rings (SSSR count). The molecule has 1 atom stereocenters. The van der Waals surface area contributed by atoms with Gasteiger partial charge in [-0.3, -0.25) is 4.79 Å². The zero-order chi connectivity index (χ0) is 20.1. The normalized spacial score (nSPS) is 20.0. The highest BCUT2D eigenvalue weighted by Crippen LogP contribution is 2.28. The van der Waals surface area contributed by atoms with Crippen molar-refractivity contribution in [2.24, 2.45) is 0 Å². The van der Waals surface area contributed by atoms with Crippen LogP contribution in [0.25, 0.3) is 0 Å². The first kappa shape index (κ1) is 20.3. The number of rotatable bonds is 5. The fourth-order valence-electron chi connectivity index (χ4n) is 4.03. The molecule has 0 saturated carbocycles. The highest BCUT2D eigenvalue weighted by Gasteiger charge is 2.23. The minimum atomic E-state index is 0.159. The van der Waals surface area contributed by atoms with Gasteiger partial charge >= 0.3 is 0 Å². The van der Waals surface area contributed by atoms with Crippen LogP contribution in [-0.4, -0.2) is 55.4 Å². The molecule has 2 saturated heterocycles. The maximum absolute atomic E-state index is 13.3. The van der Waals surface area contributed by atoms with Crippen molar-refractivity contribution in [3.05, 3.63) is 59.7 Å². The Balaban J connectivity index is 1.41. The van der Waals surface area contributed by atoms with E-state index in [1.54, 1.807) is 11.8 Å². The van der Waals surface area contributed by atoms with Crippen LogP contribution < -0.4 is 4.90 Å². The number of nitrogens with zero attached hydrogens (tertiary/aromatic N) is 2. The fourth-order valence-corrected chi connectivity index (χ4v) is 5.15. The van der Waals surface area contributed by atoms with Gasteiger partial charge in [0.15, 0.2) is 0 Å². The molecule has 1 amide bonds. The maximum Gasteiger partial charge on any atom is 0.255 e. The Bertz CT molecular complexity index is 818. The number of aryl methyl sites for hydroxylation is 1. The Morgan fingerprint density at radius 1 is 1.03 bits per heavy atom. The lowest BCUT2D eigenvalue weighted by Gasteiger charge is -2.24. The smallest absolute Gasteiger partial charge is 0.255 e. The van der Waals surface area contributed by atoms with Crippen LogP contribution in [0, 0.1) is 6.92 Å². The summed E-state index contributed by atoms with van der Waals surface area (Å²) in [6.07, 6.45) is 3.59. The van der Waals surface area contributed by atoms with Crippen molar-refractivity contribution in [1.82, 2.24) is 4.90 Å². The van der Waals surface area contributed by atoms with Gasteiger partial charge in [0.25, 0.3) is 5.91 Å². The van der Waals surface area contributed by atoms with E-state index in [1.165, 1.54) is 11.3 Å². The van der Waals surface area contributed by atoms with E-state index in [2.05, 4.69) is 42.2 Å². The third kappa shape index (κ3) is 5.14. The van der Waals surface area contributed by atoms with E-state index in [9.17, 15) is 4.79 Å². The Labute approximate surface area is 178 Å². The van der Waals surface area contributed by atoms with Gasteiger partial charge in [-0.25, -0.2) is 0 Å². The van der Waals surface area contributed by atoms with Crippen molar-refractivity contribution in [2.45, 2.75) is 37.2 Å². The Morgan fingerprint density at radius 2 is 1.86 bits per heavy atom. The molecule has 0 radical (unpaired) electrons. The Morgan fingerprint density at radius 3 is 2.66 bits per heavy atom. The predicted octanol–water partition coefficient (Wildman–Crippen LogP) is 4.62. The fraction of sp³-hybridized carbons (Fsp3) is 0.458. The van der Waals surface area contributed by atoms with E-state index in [4.69, 9.17) is 4.74 Å². The van der Waals surface area contributed by atoms with Crippen molar-refractivity contribution in [2.75, 3.05) is 43.4 Å². The largest absolute Gasteiger partial charge is 0.377 e. The van der Waals surface area contributed by atoms with Crippen LogP contribution in [0.15, 0.2) is 53.4 Å². The summed E-state index contributed by atoms with van der Waals surface area (Å²) in [6, 6.07) is 16.7. The first-order valence-corrected chi connectivity index (χ1v) is 11.6. The Kier molecular flexibility index (Phi) is 6.78. The first-order chi connectivity index (χ1) is 14.2. The molecule has 2 fully saturated rings. The summed E-state index contributed by atoms with van der Waals surface area (Å²) in [5, 5.41) is 0. The summed E-state index contributed by atoms with van der Waals surface area (Å²) in [6.45, 7) is 6.42.